The summed E-state index contributed by atoms with van der Waals surface area (Å²) < 4.78 is 0. The minimum absolute atomic E-state index is 0.0236. The van der Waals surface area contributed by atoms with Crippen LogP contribution in [0.25, 0.3) is 0 Å². The van der Waals surface area contributed by atoms with Crippen molar-refractivity contribution in [2.24, 2.45) is 11.7 Å². The first-order valence-electron chi connectivity index (χ1n) is 6.33. The first-order valence-corrected chi connectivity index (χ1v) is 6.33. The lowest BCUT2D eigenvalue weighted by atomic mass is 10.1. The average Bonchev–Trinajstić information content (AvgIpc) is 2.77. The lowest BCUT2D eigenvalue weighted by Crippen LogP contribution is -2.48. The number of rotatable bonds is 5. The van der Waals surface area contributed by atoms with Gasteiger partial charge < -0.3 is 16.4 Å². The van der Waals surface area contributed by atoms with Gasteiger partial charge in [0.2, 0.25) is 11.8 Å². The van der Waals surface area contributed by atoms with Crippen LogP contribution in [0, 0.1) is 5.92 Å². The van der Waals surface area contributed by atoms with E-state index >= 15 is 0 Å². The molecule has 0 bridgehead atoms. The van der Waals surface area contributed by atoms with E-state index in [2.05, 4.69) is 10.6 Å². The molecule has 2 amide bonds. The average molecular weight is 241 g/mol. The summed E-state index contributed by atoms with van der Waals surface area (Å²) in [7, 11) is 0. The minimum atomic E-state index is -0.547. The Morgan fingerprint density at radius 1 is 1.29 bits per heavy atom. The van der Waals surface area contributed by atoms with E-state index in [1.165, 1.54) is 12.8 Å². The molecule has 0 heterocycles. The molecule has 0 aromatic heterocycles. The number of carbonyl (C=O) groups is 2. The maximum Gasteiger partial charge on any atom is 0.239 e. The highest BCUT2D eigenvalue weighted by atomic mass is 16.2. The van der Waals surface area contributed by atoms with Crippen LogP contribution in [0.5, 0.6) is 0 Å². The largest absolute Gasteiger partial charge is 0.352 e. The van der Waals surface area contributed by atoms with Gasteiger partial charge in [0.25, 0.3) is 0 Å². The molecule has 4 N–H and O–H groups in total. The maximum atomic E-state index is 11.5. The van der Waals surface area contributed by atoms with Crippen molar-refractivity contribution < 1.29 is 9.59 Å². The second-order valence-electron chi connectivity index (χ2n) is 5.04. The van der Waals surface area contributed by atoms with Crippen LogP contribution in [0.2, 0.25) is 0 Å². The normalized spacial score (nSPS) is 18.1. The van der Waals surface area contributed by atoms with Crippen molar-refractivity contribution >= 4 is 11.8 Å². The van der Waals surface area contributed by atoms with Gasteiger partial charge in [-0.3, -0.25) is 9.59 Å². The van der Waals surface area contributed by atoms with E-state index in [9.17, 15) is 9.59 Å². The Morgan fingerprint density at radius 2 is 1.88 bits per heavy atom. The molecular formula is C12H23N3O2. The van der Waals surface area contributed by atoms with E-state index in [1.54, 1.807) is 0 Å². The topological polar surface area (TPSA) is 84.2 Å². The maximum absolute atomic E-state index is 11.5. The Balaban J connectivity index is 2.20. The Hall–Kier alpha value is -1.10. The molecule has 0 aromatic rings. The molecule has 0 unspecified atom stereocenters. The summed E-state index contributed by atoms with van der Waals surface area (Å²) in [5.41, 5.74) is 5.67. The van der Waals surface area contributed by atoms with Crippen LogP contribution < -0.4 is 16.4 Å². The third-order valence-corrected chi connectivity index (χ3v) is 3.16. The molecule has 1 aliphatic rings. The Bertz CT molecular complexity index is 273. The second kappa shape index (κ2) is 6.59. The molecule has 1 saturated carbocycles. The highest BCUT2D eigenvalue weighted by molar-refractivity contribution is 5.87. The van der Waals surface area contributed by atoms with Crippen LogP contribution in [-0.4, -0.2) is 30.4 Å². The summed E-state index contributed by atoms with van der Waals surface area (Å²) in [6.45, 7) is 3.78. The Labute approximate surface area is 103 Å². The molecule has 1 fully saturated rings. The third kappa shape index (κ3) is 4.73. The van der Waals surface area contributed by atoms with Gasteiger partial charge in [-0.05, 0) is 18.8 Å². The van der Waals surface area contributed by atoms with Crippen LogP contribution in [0.3, 0.4) is 0 Å². The second-order valence-corrected chi connectivity index (χ2v) is 5.04. The molecule has 1 rings (SSSR count). The Morgan fingerprint density at radius 3 is 2.41 bits per heavy atom. The predicted molar refractivity (Wildman–Crippen MR) is 66.2 cm³/mol. The zero-order chi connectivity index (χ0) is 12.8. The van der Waals surface area contributed by atoms with Crippen LogP contribution in [0.15, 0.2) is 0 Å². The van der Waals surface area contributed by atoms with Crippen molar-refractivity contribution in [3.05, 3.63) is 0 Å². The molecule has 1 aliphatic carbocycles. The number of nitrogens with two attached hydrogens (primary N) is 1. The number of hydrogen-bond donors (Lipinski definition) is 3. The summed E-state index contributed by atoms with van der Waals surface area (Å²) in [4.78, 5) is 23.0. The quantitative estimate of drug-likeness (QED) is 0.640. The SMILES string of the molecule is CC(C)[C@H](N)C(=O)NCC(=O)NC1CCCC1. The molecular weight excluding hydrogens is 218 g/mol. The van der Waals surface area contributed by atoms with Crippen LogP contribution in [0.4, 0.5) is 0 Å². The summed E-state index contributed by atoms with van der Waals surface area (Å²) in [5, 5.41) is 5.47. The molecule has 1 atom stereocenters. The lowest BCUT2D eigenvalue weighted by molar-refractivity contribution is -0.127. The summed E-state index contributed by atoms with van der Waals surface area (Å²) in [6, 6.07) is -0.257. The summed E-state index contributed by atoms with van der Waals surface area (Å²) in [5.74, 6) is -0.310. The fraction of sp³-hybridized carbons (Fsp3) is 0.833. The summed E-state index contributed by atoms with van der Waals surface area (Å²) >= 11 is 0. The van der Waals surface area contributed by atoms with Gasteiger partial charge in [0.15, 0.2) is 0 Å². The fourth-order valence-corrected chi connectivity index (χ4v) is 1.94. The lowest BCUT2D eigenvalue weighted by Gasteiger charge is -2.16. The van der Waals surface area contributed by atoms with E-state index in [0.717, 1.165) is 12.8 Å². The summed E-state index contributed by atoms with van der Waals surface area (Å²) in [6.07, 6.45) is 4.45. The molecule has 5 nitrogen and oxygen atoms in total. The van der Waals surface area contributed by atoms with Crippen LogP contribution >= 0.6 is 0 Å². The molecule has 17 heavy (non-hydrogen) atoms. The van der Waals surface area contributed by atoms with E-state index in [0.29, 0.717) is 0 Å². The number of hydrogen-bond acceptors (Lipinski definition) is 3. The molecule has 0 aromatic carbocycles. The van der Waals surface area contributed by atoms with Crippen LogP contribution in [-0.2, 0) is 9.59 Å². The van der Waals surface area contributed by atoms with Crippen LogP contribution in [0.1, 0.15) is 39.5 Å². The first-order chi connectivity index (χ1) is 8.00. The van der Waals surface area contributed by atoms with Gasteiger partial charge in [0.1, 0.15) is 0 Å². The van der Waals surface area contributed by atoms with Crippen molar-refractivity contribution in [2.75, 3.05) is 6.54 Å². The molecule has 0 radical (unpaired) electrons. The highest BCUT2D eigenvalue weighted by Crippen LogP contribution is 2.17. The Kier molecular flexibility index (Phi) is 5.41. The van der Waals surface area contributed by atoms with Crippen molar-refractivity contribution in [3.8, 4) is 0 Å². The molecule has 0 saturated heterocycles. The zero-order valence-corrected chi connectivity index (χ0v) is 10.7. The molecule has 0 aliphatic heterocycles. The molecule has 5 heteroatoms. The zero-order valence-electron chi connectivity index (χ0n) is 10.7. The fourth-order valence-electron chi connectivity index (χ4n) is 1.94. The van der Waals surface area contributed by atoms with Gasteiger partial charge in [-0.25, -0.2) is 0 Å². The van der Waals surface area contributed by atoms with E-state index in [-0.39, 0.29) is 30.3 Å². The third-order valence-electron chi connectivity index (χ3n) is 3.16. The van der Waals surface area contributed by atoms with Crippen molar-refractivity contribution in [1.82, 2.24) is 10.6 Å². The van der Waals surface area contributed by atoms with Crippen molar-refractivity contribution in [3.63, 3.8) is 0 Å². The monoisotopic (exact) mass is 241 g/mol. The standard InChI is InChI=1S/C12H23N3O2/c1-8(2)11(13)12(17)14-7-10(16)15-9-5-3-4-6-9/h8-9,11H,3-7,13H2,1-2H3,(H,14,17)(H,15,16)/t11-/m0/s1. The van der Waals surface area contributed by atoms with Gasteiger partial charge in [0, 0.05) is 6.04 Å². The number of amides is 2. The van der Waals surface area contributed by atoms with Gasteiger partial charge in [-0.15, -0.1) is 0 Å². The molecule has 98 valence electrons. The van der Waals surface area contributed by atoms with Gasteiger partial charge >= 0.3 is 0 Å². The smallest absolute Gasteiger partial charge is 0.239 e. The highest BCUT2D eigenvalue weighted by Gasteiger charge is 2.19. The van der Waals surface area contributed by atoms with Gasteiger partial charge in [-0.2, -0.15) is 0 Å². The predicted octanol–water partition coefficient (Wildman–Crippen LogP) is 0.145. The minimum Gasteiger partial charge on any atom is -0.352 e. The van der Waals surface area contributed by atoms with E-state index < -0.39 is 6.04 Å². The van der Waals surface area contributed by atoms with Gasteiger partial charge in [0.05, 0.1) is 12.6 Å². The number of nitrogens with one attached hydrogen (secondary N) is 2. The number of carbonyl (C=O) groups excluding carboxylic acids is 2. The van der Waals surface area contributed by atoms with Crippen molar-refractivity contribution in [1.29, 1.82) is 0 Å². The van der Waals surface area contributed by atoms with Gasteiger partial charge in [-0.1, -0.05) is 26.7 Å². The van der Waals surface area contributed by atoms with Crippen molar-refractivity contribution in [2.45, 2.75) is 51.6 Å². The van der Waals surface area contributed by atoms with E-state index in [4.69, 9.17) is 5.73 Å². The molecule has 0 spiro atoms. The first kappa shape index (κ1) is 14.0. The van der Waals surface area contributed by atoms with E-state index in [1.807, 2.05) is 13.8 Å².